The summed E-state index contributed by atoms with van der Waals surface area (Å²) in [6, 6.07) is -0.596. The molecule has 0 saturated carbocycles. The van der Waals surface area contributed by atoms with Gasteiger partial charge in [0.15, 0.2) is 0 Å². The average Bonchev–Trinajstić information content (AvgIpc) is 2.61. The van der Waals surface area contributed by atoms with Gasteiger partial charge in [-0.25, -0.2) is 4.79 Å². The Kier molecular flexibility index (Phi) is 4.18. The molecular formula is C7H12N6O3. The van der Waals surface area contributed by atoms with E-state index >= 15 is 0 Å². The highest BCUT2D eigenvalue weighted by molar-refractivity contribution is 5.89. The molecule has 2 amide bonds. The molecule has 0 aromatic carbocycles. The standard InChI is InChI=1S/C7H12N6O3/c1-3-16-5(14)4-8-7(15)9-6-10-12-13(2)11-6/h3-4H2,1-2H3,(H2,8,9,11,15). The SMILES string of the molecule is CCOC(=O)CNC(=O)Nc1nnn(C)n1. The maximum absolute atomic E-state index is 11.2. The van der Waals surface area contributed by atoms with Gasteiger partial charge in [0.05, 0.1) is 13.7 Å². The number of urea groups is 1. The lowest BCUT2D eigenvalue weighted by Crippen LogP contribution is -2.34. The first-order valence-electron chi connectivity index (χ1n) is 4.56. The van der Waals surface area contributed by atoms with E-state index in [9.17, 15) is 9.59 Å². The van der Waals surface area contributed by atoms with Gasteiger partial charge in [0.2, 0.25) is 0 Å². The summed E-state index contributed by atoms with van der Waals surface area (Å²) in [6.45, 7) is 1.75. The molecule has 0 saturated heterocycles. The van der Waals surface area contributed by atoms with Crippen LogP contribution in [-0.2, 0) is 16.6 Å². The minimum absolute atomic E-state index is 0.0591. The Balaban J connectivity index is 2.28. The third kappa shape index (κ3) is 3.90. The van der Waals surface area contributed by atoms with Crippen molar-refractivity contribution >= 4 is 17.9 Å². The molecule has 0 unspecified atom stereocenters. The largest absolute Gasteiger partial charge is 0.465 e. The van der Waals surface area contributed by atoms with Gasteiger partial charge in [-0.05, 0) is 12.1 Å². The summed E-state index contributed by atoms with van der Waals surface area (Å²) in [7, 11) is 1.56. The van der Waals surface area contributed by atoms with Crippen molar-refractivity contribution < 1.29 is 14.3 Å². The number of carbonyl (C=O) groups is 2. The lowest BCUT2D eigenvalue weighted by Gasteiger charge is -2.03. The van der Waals surface area contributed by atoms with E-state index in [0.29, 0.717) is 0 Å². The van der Waals surface area contributed by atoms with Crippen molar-refractivity contribution in [1.82, 2.24) is 25.5 Å². The number of aryl methyl sites for hydroxylation is 1. The van der Waals surface area contributed by atoms with Crippen LogP contribution in [0.5, 0.6) is 0 Å². The normalized spacial score (nSPS) is 9.62. The maximum Gasteiger partial charge on any atom is 0.325 e. The number of carbonyl (C=O) groups excluding carboxylic acids is 2. The second-order valence-corrected chi connectivity index (χ2v) is 2.72. The molecule has 0 fully saturated rings. The monoisotopic (exact) mass is 228 g/mol. The van der Waals surface area contributed by atoms with Gasteiger partial charge in [-0.3, -0.25) is 10.1 Å². The first-order chi connectivity index (χ1) is 7.61. The third-order valence-corrected chi connectivity index (χ3v) is 1.43. The second kappa shape index (κ2) is 5.63. The molecule has 1 rings (SSSR count). The predicted octanol–water partition coefficient (Wildman–Crippen LogP) is -1.11. The van der Waals surface area contributed by atoms with E-state index in [1.807, 2.05) is 0 Å². The zero-order chi connectivity index (χ0) is 12.0. The molecule has 0 aliphatic heterocycles. The van der Waals surface area contributed by atoms with Gasteiger partial charge >= 0.3 is 12.0 Å². The van der Waals surface area contributed by atoms with Crippen molar-refractivity contribution in [3.05, 3.63) is 0 Å². The fourth-order valence-electron chi connectivity index (χ4n) is 0.844. The molecule has 0 atom stereocenters. The number of hydrogen-bond acceptors (Lipinski definition) is 6. The number of esters is 1. The van der Waals surface area contributed by atoms with Gasteiger partial charge in [0.1, 0.15) is 6.54 Å². The Bertz CT molecular complexity index is 376. The van der Waals surface area contributed by atoms with Crippen molar-refractivity contribution in [1.29, 1.82) is 0 Å². The Morgan fingerprint density at radius 3 is 2.81 bits per heavy atom. The van der Waals surface area contributed by atoms with Crippen molar-refractivity contribution in [2.45, 2.75) is 6.92 Å². The third-order valence-electron chi connectivity index (χ3n) is 1.43. The Morgan fingerprint density at radius 2 is 2.25 bits per heavy atom. The molecule has 0 bridgehead atoms. The van der Waals surface area contributed by atoms with Gasteiger partial charge in [-0.2, -0.15) is 4.80 Å². The van der Waals surface area contributed by atoms with Crippen LogP contribution in [0.4, 0.5) is 10.7 Å². The summed E-state index contributed by atoms with van der Waals surface area (Å²) in [5.41, 5.74) is 0. The summed E-state index contributed by atoms with van der Waals surface area (Å²) in [6.07, 6.45) is 0. The molecule has 16 heavy (non-hydrogen) atoms. The van der Waals surface area contributed by atoms with Crippen LogP contribution < -0.4 is 10.6 Å². The highest BCUT2D eigenvalue weighted by Crippen LogP contribution is 1.90. The van der Waals surface area contributed by atoms with Crippen LogP contribution in [0, 0.1) is 0 Å². The number of nitrogens with one attached hydrogen (secondary N) is 2. The van der Waals surface area contributed by atoms with Gasteiger partial charge in [0, 0.05) is 0 Å². The average molecular weight is 228 g/mol. The predicted molar refractivity (Wildman–Crippen MR) is 52.5 cm³/mol. The van der Waals surface area contributed by atoms with Crippen LogP contribution in [0.15, 0.2) is 0 Å². The zero-order valence-electron chi connectivity index (χ0n) is 8.93. The van der Waals surface area contributed by atoms with E-state index in [4.69, 9.17) is 0 Å². The van der Waals surface area contributed by atoms with Crippen LogP contribution in [-0.4, -0.2) is 45.4 Å². The van der Waals surface area contributed by atoms with Crippen molar-refractivity contribution in [3.63, 3.8) is 0 Å². The summed E-state index contributed by atoms with van der Waals surface area (Å²) in [5.74, 6) is -0.450. The number of hydrogen-bond donors (Lipinski definition) is 2. The Morgan fingerprint density at radius 1 is 1.50 bits per heavy atom. The van der Waals surface area contributed by atoms with Crippen LogP contribution in [0.2, 0.25) is 0 Å². The topological polar surface area (TPSA) is 111 Å². The highest BCUT2D eigenvalue weighted by atomic mass is 16.5. The number of ether oxygens (including phenoxy) is 1. The first-order valence-corrected chi connectivity index (χ1v) is 4.56. The van der Waals surface area contributed by atoms with E-state index in [1.165, 1.54) is 4.80 Å². The molecule has 0 radical (unpaired) electrons. The van der Waals surface area contributed by atoms with E-state index in [2.05, 4.69) is 30.8 Å². The molecular weight excluding hydrogens is 216 g/mol. The van der Waals surface area contributed by atoms with Gasteiger partial charge in [-0.1, -0.05) is 5.10 Å². The molecule has 1 aromatic rings. The number of tetrazole rings is 1. The number of amides is 2. The van der Waals surface area contributed by atoms with Crippen LogP contribution in [0.3, 0.4) is 0 Å². The molecule has 0 spiro atoms. The van der Waals surface area contributed by atoms with Gasteiger partial charge in [-0.15, -0.1) is 5.10 Å². The molecule has 0 aliphatic rings. The molecule has 9 nitrogen and oxygen atoms in total. The Labute approximate surface area is 91.1 Å². The summed E-state index contributed by atoms with van der Waals surface area (Å²) >= 11 is 0. The summed E-state index contributed by atoms with van der Waals surface area (Å²) in [5, 5.41) is 15.3. The molecule has 88 valence electrons. The number of aromatic nitrogens is 4. The van der Waals surface area contributed by atoms with Crippen molar-refractivity contribution in [3.8, 4) is 0 Å². The number of anilines is 1. The number of rotatable bonds is 4. The van der Waals surface area contributed by atoms with Crippen LogP contribution in [0.25, 0.3) is 0 Å². The second-order valence-electron chi connectivity index (χ2n) is 2.72. The molecule has 9 heteroatoms. The van der Waals surface area contributed by atoms with Gasteiger partial charge in [0.25, 0.3) is 5.95 Å². The zero-order valence-corrected chi connectivity index (χ0v) is 8.93. The quantitative estimate of drug-likeness (QED) is 0.632. The molecule has 1 aromatic heterocycles. The fourth-order valence-corrected chi connectivity index (χ4v) is 0.844. The van der Waals surface area contributed by atoms with Crippen LogP contribution >= 0.6 is 0 Å². The van der Waals surface area contributed by atoms with E-state index in [-0.39, 0.29) is 19.1 Å². The van der Waals surface area contributed by atoms with Crippen molar-refractivity contribution in [2.75, 3.05) is 18.5 Å². The van der Waals surface area contributed by atoms with Crippen molar-refractivity contribution in [2.24, 2.45) is 7.05 Å². The van der Waals surface area contributed by atoms with E-state index in [0.717, 1.165) is 0 Å². The molecule has 2 N–H and O–H groups in total. The fraction of sp³-hybridized carbons (Fsp3) is 0.571. The van der Waals surface area contributed by atoms with Crippen LogP contribution in [0.1, 0.15) is 6.92 Å². The summed E-state index contributed by atoms with van der Waals surface area (Å²) < 4.78 is 4.62. The molecule has 1 heterocycles. The number of nitrogens with zero attached hydrogens (tertiary/aromatic N) is 4. The Hall–Kier alpha value is -2.19. The minimum Gasteiger partial charge on any atom is -0.465 e. The molecule has 0 aliphatic carbocycles. The maximum atomic E-state index is 11.2. The lowest BCUT2D eigenvalue weighted by atomic mass is 10.6. The highest BCUT2D eigenvalue weighted by Gasteiger charge is 2.08. The van der Waals surface area contributed by atoms with E-state index < -0.39 is 12.0 Å². The first kappa shape index (κ1) is 11.9. The smallest absolute Gasteiger partial charge is 0.325 e. The minimum atomic E-state index is -0.596. The van der Waals surface area contributed by atoms with Gasteiger partial charge < -0.3 is 10.1 Å². The lowest BCUT2D eigenvalue weighted by molar-refractivity contribution is -0.141. The summed E-state index contributed by atoms with van der Waals surface area (Å²) in [4.78, 5) is 23.3. The van der Waals surface area contributed by atoms with E-state index in [1.54, 1.807) is 14.0 Å².